The molecule has 47 heavy (non-hydrogen) atoms. The van der Waals surface area contributed by atoms with E-state index in [0.29, 0.717) is 22.0 Å². The number of carbonyl (C=O) groups is 2. The molecule has 0 unspecified atom stereocenters. The number of para-hydroxylation sites is 4. The zero-order chi connectivity index (χ0) is 33.5. The zero-order valence-corrected chi connectivity index (χ0v) is 26.5. The second-order valence-corrected chi connectivity index (χ2v) is 9.60. The maximum absolute atomic E-state index is 11.6. The van der Waals surface area contributed by atoms with Gasteiger partial charge in [-0.2, -0.15) is 0 Å². The minimum atomic E-state index is -0.430. The van der Waals surface area contributed by atoms with Crippen LogP contribution in [0.5, 0.6) is 5.75 Å². The molecule has 0 saturated carbocycles. The first-order chi connectivity index (χ1) is 23.0. The van der Waals surface area contributed by atoms with Gasteiger partial charge in [0.1, 0.15) is 5.75 Å². The molecule has 0 bridgehead atoms. The van der Waals surface area contributed by atoms with E-state index in [1.807, 2.05) is 85.8 Å². The number of ketones is 1. The lowest BCUT2D eigenvalue weighted by molar-refractivity contribution is -0.111. The number of methoxy groups -OCH3 is 1. The van der Waals surface area contributed by atoms with E-state index in [9.17, 15) is 9.59 Å². The number of carbonyl (C=O) groups excluding carboxylic acids is 2. The number of benzene rings is 5. The Kier molecular flexibility index (Phi) is 15.4. The summed E-state index contributed by atoms with van der Waals surface area (Å²) in [5.74, 6) is 4.91. The fourth-order valence-corrected chi connectivity index (χ4v) is 3.66. The molecule has 0 aliphatic heterocycles. The zero-order valence-electron chi connectivity index (χ0n) is 25.7. The summed E-state index contributed by atoms with van der Waals surface area (Å²) in [5, 5.41) is 3.13. The van der Waals surface area contributed by atoms with Gasteiger partial charge in [0.15, 0.2) is 12.2 Å². The number of amides is 1. The third kappa shape index (κ3) is 13.9. The molecule has 5 rings (SSSR count). The third-order valence-electron chi connectivity index (χ3n) is 5.79. The van der Waals surface area contributed by atoms with Crippen molar-refractivity contribution in [3.63, 3.8) is 0 Å². The van der Waals surface area contributed by atoms with Crippen LogP contribution in [0, 0.1) is 31.0 Å². The van der Waals surface area contributed by atoms with Crippen molar-refractivity contribution in [1.29, 1.82) is 0 Å². The summed E-state index contributed by atoms with van der Waals surface area (Å²) in [6.45, 7) is 2.03. The molecule has 0 spiro atoms. The predicted octanol–water partition coefficient (Wildman–Crippen LogP) is 8.16. The third-order valence-corrected chi connectivity index (χ3v) is 6.12. The molecule has 0 atom stereocenters. The molecule has 236 valence electrons. The lowest BCUT2D eigenvalue weighted by Crippen LogP contribution is -2.08. The summed E-state index contributed by atoms with van der Waals surface area (Å²) in [5.41, 5.74) is 8.92. The fourth-order valence-electron chi connectivity index (χ4n) is 3.49. The van der Waals surface area contributed by atoms with Gasteiger partial charge in [0.25, 0.3) is 0 Å². The van der Waals surface area contributed by atoms with Crippen LogP contribution in [0.3, 0.4) is 0 Å². The molecule has 9 heteroatoms. The Hall–Kier alpha value is -6.35. The maximum Gasteiger partial charge on any atom is 0.303 e. The van der Waals surface area contributed by atoms with Gasteiger partial charge in [0.2, 0.25) is 5.78 Å². The van der Waals surface area contributed by atoms with Crippen molar-refractivity contribution in [2.24, 2.45) is 0 Å². The van der Waals surface area contributed by atoms with Gasteiger partial charge >= 0.3 is 5.91 Å². The molecule has 5 aromatic carbocycles. The normalized spacial score (nSPS) is 9.00. The topological polar surface area (TPSA) is 97.9 Å². The Balaban J connectivity index is 0.000000204. The highest BCUT2D eigenvalue weighted by Crippen LogP contribution is 2.20. The van der Waals surface area contributed by atoms with E-state index in [0.717, 1.165) is 11.4 Å². The predicted molar refractivity (Wildman–Crippen MR) is 186 cm³/mol. The Labute approximate surface area is 279 Å². The lowest BCUT2D eigenvalue weighted by Gasteiger charge is -2.02. The molecular weight excluding hydrogens is 614 g/mol. The summed E-state index contributed by atoms with van der Waals surface area (Å²) in [4.78, 5) is 32.8. The van der Waals surface area contributed by atoms with E-state index in [1.165, 1.54) is 5.56 Å². The fraction of sp³-hybridized carbons (Fsp3) is 0.0526. The smallest absolute Gasteiger partial charge is 0.303 e. The summed E-state index contributed by atoms with van der Waals surface area (Å²) in [7, 11) is 1.68. The quantitative estimate of drug-likeness (QED) is 0.0933. The molecule has 0 aliphatic carbocycles. The van der Waals surface area contributed by atoms with Crippen LogP contribution in [0.1, 0.15) is 15.9 Å². The Bertz CT molecular complexity index is 1810. The Morgan fingerprint density at radius 1 is 0.617 bits per heavy atom. The second-order valence-electron chi connectivity index (χ2n) is 9.19. The molecule has 1 amide bonds. The summed E-state index contributed by atoms with van der Waals surface area (Å²) in [6.07, 6.45) is 4.57. The molecule has 0 heterocycles. The lowest BCUT2D eigenvalue weighted by atomic mass is 10.1. The molecule has 0 fully saturated rings. The van der Waals surface area contributed by atoms with Crippen molar-refractivity contribution in [2.75, 3.05) is 23.4 Å². The summed E-state index contributed by atoms with van der Waals surface area (Å²) < 4.78 is 5.04. The van der Waals surface area contributed by atoms with Crippen LogP contribution in [0.2, 0.25) is 5.02 Å². The number of Topliss-reactive ketones (excluding diaryl/α,β-unsaturated/α-hetero) is 1. The molecule has 3 N–H and O–H groups in total. The van der Waals surface area contributed by atoms with Crippen molar-refractivity contribution in [1.82, 2.24) is 0 Å². The van der Waals surface area contributed by atoms with E-state index in [-0.39, 0.29) is 5.78 Å². The first-order valence-electron chi connectivity index (χ1n) is 14.2. The molecule has 5 aromatic rings. The highest BCUT2D eigenvalue weighted by atomic mass is 35.5. The number of nitrogens with one attached hydrogen (secondary N) is 3. The minimum Gasteiger partial charge on any atom is -0.496 e. The van der Waals surface area contributed by atoms with Crippen molar-refractivity contribution in [2.45, 2.75) is 6.92 Å². The van der Waals surface area contributed by atoms with Crippen LogP contribution in [0.25, 0.3) is 0 Å². The van der Waals surface area contributed by atoms with E-state index in [2.05, 4.69) is 40.3 Å². The first kappa shape index (κ1) is 35.1. The van der Waals surface area contributed by atoms with Gasteiger partial charge < -0.3 is 19.7 Å². The second kappa shape index (κ2) is 20.6. The highest BCUT2D eigenvalue weighted by molar-refractivity contribution is 6.33. The van der Waals surface area contributed by atoms with Gasteiger partial charge in [-0.25, -0.2) is 11.0 Å². The SMILES string of the molecule is COc1ccccc1C.O=C(C#CONc1ccccc1)Nc1ccccc1.O=C(C#CONc1ccccc1Cl)c1ccccc1. The van der Waals surface area contributed by atoms with Gasteiger partial charge in [-0.05, 0) is 55.0 Å². The van der Waals surface area contributed by atoms with Crippen molar-refractivity contribution >= 4 is 40.4 Å². The molecule has 0 aliphatic rings. The van der Waals surface area contributed by atoms with Crippen LogP contribution >= 0.6 is 11.6 Å². The number of hydrogen-bond acceptors (Lipinski definition) is 7. The molecular formula is C38H32ClN3O5. The number of rotatable bonds is 7. The van der Waals surface area contributed by atoms with E-state index in [1.54, 1.807) is 67.8 Å². The van der Waals surface area contributed by atoms with Crippen LogP contribution < -0.4 is 21.0 Å². The monoisotopic (exact) mass is 645 g/mol. The van der Waals surface area contributed by atoms with E-state index in [4.69, 9.17) is 26.0 Å². The number of anilines is 3. The number of ether oxygens (including phenoxy) is 1. The molecule has 0 saturated heterocycles. The van der Waals surface area contributed by atoms with Gasteiger partial charge in [-0.15, -0.1) is 0 Å². The average Bonchev–Trinajstić information content (AvgIpc) is 3.11. The Morgan fingerprint density at radius 2 is 1.15 bits per heavy atom. The van der Waals surface area contributed by atoms with Crippen LogP contribution in [-0.4, -0.2) is 18.8 Å². The highest BCUT2D eigenvalue weighted by Gasteiger charge is 2.00. The molecule has 0 aromatic heterocycles. The average molecular weight is 646 g/mol. The van der Waals surface area contributed by atoms with Crippen molar-refractivity contribution < 1.29 is 24.0 Å². The summed E-state index contributed by atoms with van der Waals surface area (Å²) in [6, 6.07) is 42.1. The number of hydrogen-bond donors (Lipinski definition) is 3. The standard InChI is InChI=1S/C15H10ClNO2.C15H12N2O2.C8H10O/c16-13-8-4-5-9-14(13)17-19-11-10-15(18)12-6-2-1-3-7-12;18-15(16-13-7-3-1-4-8-13)11-12-19-17-14-9-5-2-6-10-14;1-7-5-3-4-6-8(7)9-2/h1-9,17H;1-10,17H,(H,16,18);3-6H,1-2H3. The maximum atomic E-state index is 11.6. The van der Waals surface area contributed by atoms with Gasteiger partial charge in [0, 0.05) is 23.1 Å². The number of halogens is 1. The van der Waals surface area contributed by atoms with Crippen molar-refractivity contribution in [3.05, 3.63) is 156 Å². The van der Waals surface area contributed by atoms with E-state index < -0.39 is 5.91 Å². The van der Waals surface area contributed by atoms with E-state index >= 15 is 0 Å². The van der Waals surface area contributed by atoms with Gasteiger partial charge in [0.05, 0.1) is 23.5 Å². The number of aryl methyl sites for hydroxylation is 1. The van der Waals surface area contributed by atoms with Crippen LogP contribution in [0.15, 0.2) is 140 Å². The minimum absolute atomic E-state index is 0.304. The van der Waals surface area contributed by atoms with Gasteiger partial charge in [-0.3, -0.25) is 9.59 Å². The van der Waals surface area contributed by atoms with Crippen LogP contribution in [-0.2, 0) is 14.5 Å². The largest absolute Gasteiger partial charge is 0.496 e. The first-order valence-corrected chi connectivity index (χ1v) is 14.5. The van der Waals surface area contributed by atoms with Gasteiger partial charge in [-0.1, -0.05) is 109 Å². The molecule has 0 radical (unpaired) electrons. The van der Waals surface area contributed by atoms with Crippen LogP contribution in [0.4, 0.5) is 17.1 Å². The Morgan fingerprint density at radius 3 is 1.77 bits per heavy atom. The molecule has 8 nitrogen and oxygen atoms in total. The van der Waals surface area contributed by atoms with Crippen molar-refractivity contribution in [3.8, 4) is 29.8 Å². The summed E-state index contributed by atoms with van der Waals surface area (Å²) >= 11 is 5.90.